The van der Waals surface area contributed by atoms with Crippen molar-refractivity contribution in [3.05, 3.63) is 29.3 Å². The number of halogens is 1. The molecule has 0 unspecified atom stereocenters. The Labute approximate surface area is 103 Å². The molecule has 2 rings (SSSR count). The molecule has 2 aromatic rings. The van der Waals surface area contributed by atoms with Gasteiger partial charge in [0.15, 0.2) is 5.15 Å². The zero-order valence-electron chi connectivity index (χ0n) is 9.18. The molecule has 0 aliphatic carbocycles. The van der Waals surface area contributed by atoms with E-state index in [-0.39, 0.29) is 6.42 Å². The summed E-state index contributed by atoms with van der Waals surface area (Å²) in [5, 5.41) is 9.03. The van der Waals surface area contributed by atoms with Gasteiger partial charge in [0.2, 0.25) is 0 Å². The predicted octanol–water partition coefficient (Wildman–Crippen LogP) is 2.01. The second-order valence-corrected chi connectivity index (χ2v) is 3.89. The summed E-state index contributed by atoms with van der Waals surface area (Å²) in [6.07, 6.45) is 2.09. The highest BCUT2D eigenvalue weighted by molar-refractivity contribution is 6.32. The molecule has 90 valence electrons. The first-order valence-electron chi connectivity index (χ1n) is 5.04. The van der Waals surface area contributed by atoms with Crippen molar-refractivity contribution in [3.8, 4) is 5.75 Å². The van der Waals surface area contributed by atoms with Crippen LogP contribution in [-0.2, 0) is 11.2 Å². The van der Waals surface area contributed by atoms with Gasteiger partial charge in [-0.15, -0.1) is 0 Å². The average molecular weight is 255 g/mol. The Morgan fingerprint density at radius 3 is 3.00 bits per heavy atom. The number of ether oxygens (including phenoxy) is 1. The highest BCUT2D eigenvalue weighted by atomic mass is 35.5. The Balaban J connectivity index is 2.43. The van der Waals surface area contributed by atoms with Crippen LogP contribution < -0.4 is 4.74 Å². The number of hydrogen-bond acceptors (Lipinski definition) is 3. The number of pyridine rings is 1. The van der Waals surface area contributed by atoms with E-state index in [0.29, 0.717) is 23.1 Å². The molecule has 5 nitrogen and oxygen atoms in total. The normalized spacial score (nSPS) is 10.7. The van der Waals surface area contributed by atoms with E-state index in [1.165, 1.54) is 0 Å². The van der Waals surface area contributed by atoms with Crippen LogP contribution in [0.4, 0.5) is 0 Å². The van der Waals surface area contributed by atoms with E-state index >= 15 is 0 Å². The molecular formula is C11H11ClN2O3. The van der Waals surface area contributed by atoms with E-state index < -0.39 is 5.97 Å². The van der Waals surface area contributed by atoms with E-state index in [2.05, 4.69) is 4.98 Å². The van der Waals surface area contributed by atoms with Crippen molar-refractivity contribution in [2.24, 2.45) is 0 Å². The van der Waals surface area contributed by atoms with Crippen molar-refractivity contribution in [3.63, 3.8) is 0 Å². The maximum atomic E-state index is 10.5. The van der Waals surface area contributed by atoms with Crippen LogP contribution in [0.5, 0.6) is 5.75 Å². The summed E-state index contributed by atoms with van der Waals surface area (Å²) < 4.78 is 6.86. The van der Waals surface area contributed by atoms with Gasteiger partial charge >= 0.3 is 5.97 Å². The molecule has 1 N–H and O–H groups in total. The topological polar surface area (TPSA) is 63.8 Å². The number of carboxylic acid groups (broad SMARTS) is 1. The molecule has 0 saturated carbocycles. The van der Waals surface area contributed by atoms with Gasteiger partial charge in [-0.05, 0) is 12.1 Å². The van der Waals surface area contributed by atoms with Gasteiger partial charge in [0.1, 0.15) is 11.6 Å². The number of hydrogen-bond donors (Lipinski definition) is 1. The third-order valence-corrected chi connectivity index (χ3v) is 2.71. The molecular weight excluding hydrogens is 244 g/mol. The molecule has 17 heavy (non-hydrogen) atoms. The fraction of sp³-hybridized carbons (Fsp3) is 0.273. The zero-order chi connectivity index (χ0) is 12.4. The lowest BCUT2D eigenvalue weighted by molar-refractivity contribution is -0.137. The van der Waals surface area contributed by atoms with E-state index in [1.54, 1.807) is 29.8 Å². The minimum Gasteiger partial charge on any atom is -0.495 e. The van der Waals surface area contributed by atoms with Crippen molar-refractivity contribution in [1.29, 1.82) is 0 Å². The summed E-state index contributed by atoms with van der Waals surface area (Å²) in [5.41, 5.74) is 0.743. The lowest BCUT2D eigenvalue weighted by Crippen LogP contribution is -2.01. The van der Waals surface area contributed by atoms with Crippen LogP contribution in [0.3, 0.4) is 0 Å². The van der Waals surface area contributed by atoms with E-state index in [9.17, 15) is 4.79 Å². The fourth-order valence-electron chi connectivity index (χ4n) is 1.60. The Kier molecular flexibility index (Phi) is 3.19. The molecule has 0 radical (unpaired) electrons. The molecule has 0 amide bonds. The van der Waals surface area contributed by atoms with E-state index in [4.69, 9.17) is 21.4 Å². The Morgan fingerprint density at radius 1 is 1.59 bits per heavy atom. The molecule has 6 heteroatoms. The van der Waals surface area contributed by atoms with Crippen molar-refractivity contribution in [2.45, 2.75) is 12.8 Å². The Hall–Kier alpha value is -1.75. The Morgan fingerprint density at radius 2 is 2.35 bits per heavy atom. The number of aliphatic carboxylic acids is 1. The lowest BCUT2D eigenvalue weighted by atomic mass is 10.3. The SMILES string of the molecule is COc1ccc2c(Cl)nc(CCC(=O)O)n2c1. The van der Waals surface area contributed by atoms with Gasteiger partial charge < -0.3 is 9.84 Å². The number of carbonyl (C=O) groups is 1. The monoisotopic (exact) mass is 254 g/mol. The summed E-state index contributed by atoms with van der Waals surface area (Å²) in [6, 6.07) is 3.57. The summed E-state index contributed by atoms with van der Waals surface area (Å²) >= 11 is 5.97. The highest BCUT2D eigenvalue weighted by Gasteiger charge is 2.11. The van der Waals surface area contributed by atoms with Crippen molar-refractivity contribution in [1.82, 2.24) is 9.38 Å². The van der Waals surface area contributed by atoms with Gasteiger partial charge in [-0.2, -0.15) is 0 Å². The van der Waals surface area contributed by atoms with Gasteiger partial charge in [0.25, 0.3) is 0 Å². The molecule has 2 aromatic heterocycles. The minimum atomic E-state index is -0.860. The largest absolute Gasteiger partial charge is 0.495 e. The molecule has 0 atom stereocenters. The Bertz CT molecular complexity index is 565. The van der Waals surface area contributed by atoms with Gasteiger partial charge in [0.05, 0.1) is 25.2 Å². The molecule has 0 fully saturated rings. The second kappa shape index (κ2) is 4.63. The van der Waals surface area contributed by atoms with Gasteiger partial charge in [-0.25, -0.2) is 4.98 Å². The number of aromatic nitrogens is 2. The second-order valence-electron chi connectivity index (χ2n) is 3.54. The predicted molar refractivity (Wildman–Crippen MR) is 62.7 cm³/mol. The first-order valence-corrected chi connectivity index (χ1v) is 5.42. The smallest absolute Gasteiger partial charge is 0.303 e. The van der Waals surface area contributed by atoms with Crippen LogP contribution in [0.1, 0.15) is 12.2 Å². The lowest BCUT2D eigenvalue weighted by Gasteiger charge is -2.03. The third kappa shape index (κ3) is 2.34. The molecule has 0 spiro atoms. The maximum Gasteiger partial charge on any atom is 0.303 e. The maximum absolute atomic E-state index is 10.5. The van der Waals surface area contributed by atoms with Crippen molar-refractivity contribution in [2.75, 3.05) is 7.11 Å². The van der Waals surface area contributed by atoms with Crippen molar-refractivity contribution >= 4 is 23.1 Å². The van der Waals surface area contributed by atoms with Gasteiger partial charge in [0, 0.05) is 6.42 Å². The molecule has 2 heterocycles. The first kappa shape index (κ1) is 11.7. The molecule has 0 aliphatic rings. The van der Waals surface area contributed by atoms with Crippen LogP contribution in [0.2, 0.25) is 5.15 Å². The minimum absolute atomic E-state index is 0.0205. The number of methoxy groups -OCH3 is 1. The fourth-order valence-corrected chi connectivity index (χ4v) is 1.85. The summed E-state index contributed by atoms with van der Waals surface area (Å²) in [7, 11) is 1.57. The third-order valence-electron chi connectivity index (χ3n) is 2.44. The summed E-state index contributed by atoms with van der Waals surface area (Å²) in [4.78, 5) is 14.7. The highest BCUT2D eigenvalue weighted by Crippen LogP contribution is 2.22. The van der Waals surface area contributed by atoms with Crippen LogP contribution in [-0.4, -0.2) is 27.6 Å². The van der Waals surface area contributed by atoms with E-state index in [0.717, 1.165) is 5.52 Å². The number of nitrogens with zero attached hydrogens (tertiary/aromatic N) is 2. The quantitative estimate of drug-likeness (QED) is 0.907. The van der Waals surface area contributed by atoms with Crippen LogP contribution in [0.15, 0.2) is 18.3 Å². The number of fused-ring (bicyclic) bond motifs is 1. The molecule has 0 aliphatic heterocycles. The van der Waals surface area contributed by atoms with Crippen LogP contribution in [0.25, 0.3) is 5.52 Å². The number of carboxylic acids is 1. The zero-order valence-corrected chi connectivity index (χ0v) is 9.94. The summed E-state index contributed by atoms with van der Waals surface area (Å²) in [5.74, 6) is 0.426. The molecule has 0 aromatic carbocycles. The molecule has 0 bridgehead atoms. The number of imidazole rings is 1. The van der Waals surface area contributed by atoms with Crippen LogP contribution >= 0.6 is 11.6 Å². The number of rotatable bonds is 4. The summed E-state index contributed by atoms with van der Waals surface area (Å²) in [6.45, 7) is 0. The van der Waals surface area contributed by atoms with E-state index in [1.807, 2.05) is 0 Å². The van der Waals surface area contributed by atoms with Crippen molar-refractivity contribution < 1.29 is 14.6 Å². The number of aryl methyl sites for hydroxylation is 1. The van der Waals surface area contributed by atoms with Crippen LogP contribution in [0, 0.1) is 0 Å². The molecule has 0 saturated heterocycles. The standard InChI is InChI=1S/C11H11ClN2O3/c1-17-7-2-3-8-11(12)13-9(14(8)6-7)4-5-10(15)16/h2-3,6H,4-5H2,1H3,(H,15,16). The first-order chi connectivity index (χ1) is 8.11. The van der Waals surface area contributed by atoms with Gasteiger partial charge in [-0.3, -0.25) is 9.20 Å². The van der Waals surface area contributed by atoms with Gasteiger partial charge in [-0.1, -0.05) is 11.6 Å². The average Bonchev–Trinajstić information content (AvgIpc) is 2.63.